The fourth-order valence-corrected chi connectivity index (χ4v) is 3.20. The fourth-order valence-electron chi connectivity index (χ4n) is 3.20. The summed E-state index contributed by atoms with van der Waals surface area (Å²) in [5.41, 5.74) is 1.64. The first-order valence-corrected chi connectivity index (χ1v) is 8.16. The van der Waals surface area contributed by atoms with Crippen LogP contribution in [0.25, 0.3) is 0 Å². The lowest BCUT2D eigenvalue weighted by atomic mass is 10.1. The first-order valence-electron chi connectivity index (χ1n) is 8.16. The zero-order chi connectivity index (χ0) is 15.4. The molecule has 2 amide bonds. The Balaban J connectivity index is 1.55. The number of anilines is 2. The lowest BCUT2D eigenvalue weighted by molar-refractivity contribution is -0.117. The summed E-state index contributed by atoms with van der Waals surface area (Å²) in [5, 5.41) is 6.34. The predicted molar refractivity (Wildman–Crippen MR) is 86.9 cm³/mol. The largest absolute Gasteiger partial charge is 0.326 e. The van der Waals surface area contributed by atoms with Gasteiger partial charge < -0.3 is 15.5 Å². The molecular weight excluding hydrogens is 278 g/mol. The molecule has 2 aliphatic heterocycles. The molecule has 22 heavy (non-hydrogen) atoms. The topological polar surface area (TPSA) is 61.4 Å². The van der Waals surface area contributed by atoms with E-state index in [0.29, 0.717) is 18.9 Å². The Kier molecular flexibility index (Phi) is 4.73. The second kappa shape index (κ2) is 6.92. The molecule has 5 heteroatoms. The summed E-state index contributed by atoms with van der Waals surface area (Å²) in [7, 11) is 0. The minimum atomic E-state index is 0.0404. The summed E-state index contributed by atoms with van der Waals surface area (Å²) in [5.74, 6) is 0.203. The van der Waals surface area contributed by atoms with Gasteiger partial charge in [-0.2, -0.15) is 0 Å². The molecule has 1 atom stereocenters. The van der Waals surface area contributed by atoms with Gasteiger partial charge in [0.05, 0.1) is 0 Å². The number of nitrogens with zero attached hydrogens (tertiary/aromatic N) is 1. The molecule has 0 bridgehead atoms. The van der Waals surface area contributed by atoms with E-state index >= 15 is 0 Å². The summed E-state index contributed by atoms with van der Waals surface area (Å²) in [6.45, 7) is 1.84. The Labute approximate surface area is 131 Å². The Bertz CT molecular complexity index is 553. The van der Waals surface area contributed by atoms with Crippen LogP contribution in [0.3, 0.4) is 0 Å². The molecule has 1 aromatic carbocycles. The van der Waals surface area contributed by atoms with Crippen molar-refractivity contribution >= 4 is 23.2 Å². The number of carbonyl (C=O) groups excluding carboxylic acids is 2. The number of hydrogen-bond donors (Lipinski definition) is 2. The van der Waals surface area contributed by atoms with E-state index in [1.54, 1.807) is 4.90 Å². The Morgan fingerprint density at radius 2 is 2.27 bits per heavy atom. The third kappa shape index (κ3) is 3.65. The van der Waals surface area contributed by atoms with Gasteiger partial charge in [0.25, 0.3) is 0 Å². The van der Waals surface area contributed by atoms with Crippen molar-refractivity contribution in [3.63, 3.8) is 0 Å². The summed E-state index contributed by atoms with van der Waals surface area (Å²) in [6.07, 6.45) is 5.31. The van der Waals surface area contributed by atoms with Crippen LogP contribution < -0.4 is 15.5 Å². The maximum Gasteiger partial charge on any atom is 0.227 e. The molecule has 1 aromatic rings. The maximum atomic E-state index is 12.0. The van der Waals surface area contributed by atoms with Crippen molar-refractivity contribution in [2.45, 2.75) is 44.6 Å². The maximum absolute atomic E-state index is 12.0. The van der Waals surface area contributed by atoms with E-state index in [2.05, 4.69) is 10.6 Å². The molecule has 3 rings (SSSR count). The number of benzene rings is 1. The number of nitrogens with one attached hydrogen (secondary N) is 2. The van der Waals surface area contributed by atoms with Gasteiger partial charge in [-0.15, -0.1) is 0 Å². The van der Waals surface area contributed by atoms with E-state index in [4.69, 9.17) is 0 Å². The summed E-state index contributed by atoms with van der Waals surface area (Å²) in [6, 6.07) is 8.04. The van der Waals surface area contributed by atoms with Gasteiger partial charge in [0.1, 0.15) is 0 Å². The number of hydrogen-bond acceptors (Lipinski definition) is 3. The first kappa shape index (κ1) is 15.0. The summed E-state index contributed by atoms with van der Waals surface area (Å²) in [4.78, 5) is 25.6. The van der Waals surface area contributed by atoms with Crippen molar-refractivity contribution < 1.29 is 9.59 Å². The van der Waals surface area contributed by atoms with Crippen LogP contribution in [0.2, 0.25) is 0 Å². The van der Waals surface area contributed by atoms with Crippen LogP contribution in [-0.4, -0.2) is 30.9 Å². The molecule has 2 saturated heterocycles. The second-order valence-corrected chi connectivity index (χ2v) is 6.08. The van der Waals surface area contributed by atoms with Crippen molar-refractivity contribution in [2.24, 2.45) is 0 Å². The highest BCUT2D eigenvalue weighted by molar-refractivity contribution is 5.97. The zero-order valence-electron chi connectivity index (χ0n) is 12.8. The summed E-state index contributed by atoms with van der Waals surface area (Å²) >= 11 is 0. The Morgan fingerprint density at radius 1 is 1.36 bits per heavy atom. The smallest absolute Gasteiger partial charge is 0.227 e. The lowest BCUT2D eigenvalue weighted by Crippen LogP contribution is -2.24. The molecule has 0 aliphatic carbocycles. The van der Waals surface area contributed by atoms with Crippen LogP contribution in [0.15, 0.2) is 24.3 Å². The minimum absolute atomic E-state index is 0.0404. The minimum Gasteiger partial charge on any atom is -0.326 e. The van der Waals surface area contributed by atoms with E-state index in [9.17, 15) is 9.59 Å². The molecule has 2 fully saturated rings. The van der Waals surface area contributed by atoms with Gasteiger partial charge in [-0.1, -0.05) is 6.07 Å². The molecular formula is C17H23N3O2. The first-order chi connectivity index (χ1) is 10.7. The van der Waals surface area contributed by atoms with Gasteiger partial charge in [0, 0.05) is 36.8 Å². The van der Waals surface area contributed by atoms with Crippen LogP contribution in [0.4, 0.5) is 11.4 Å². The molecule has 0 radical (unpaired) electrons. The lowest BCUT2D eigenvalue weighted by Gasteiger charge is -2.17. The monoisotopic (exact) mass is 301 g/mol. The van der Waals surface area contributed by atoms with Crippen LogP contribution >= 0.6 is 0 Å². The van der Waals surface area contributed by atoms with Gasteiger partial charge in [0.2, 0.25) is 11.8 Å². The Hall–Kier alpha value is -1.88. The van der Waals surface area contributed by atoms with E-state index in [1.165, 1.54) is 12.8 Å². The Morgan fingerprint density at radius 3 is 3.00 bits per heavy atom. The van der Waals surface area contributed by atoms with Crippen LogP contribution in [0.5, 0.6) is 0 Å². The second-order valence-electron chi connectivity index (χ2n) is 6.08. The normalized spacial score (nSPS) is 21.4. The molecule has 2 N–H and O–H groups in total. The van der Waals surface area contributed by atoms with Crippen LogP contribution in [0, 0.1) is 0 Å². The van der Waals surface area contributed by atoms with Gasteiger partial charge >= 0.3 is 0 Å². The van der Waals surface area contributed by atoms with E-state index in [0.717, 1.165) is 37.3 Å². The molecule has 0 aromatic heterocycles. The van der Waals surface area contributed by atoms with Crippen molar-refractivity contribution in [3.8, 4) is 0 Å². The van der Waals surface area contributed by atoms with E-state index in [1.807, 2.05) is 24.3 Å². The zero-order valence-corrected chi connectivity index (χ0v) is 12.8. The highest BCUT2D eigenvalue weighted by atomic mass is 16.2. The molecule has 1 unspecified atom stereocenters. The van der Waals surface area contributed by atoms with Gasteiger partial charge in [-0.3, -0.25) is 9.59 Å². The quantitative estimate of drug-likeness (QED) is 0.877. The van der Waals surface area contributed by atoms with E-state index in [-0.39, 0.29) is 11.8 Å². The molecule has 0 saturated carbocycles. The average Bonchev–Trinajstić information content (AvgIpc) is 3.16. The molecule has 2 heterocycles. The van der Waals surface area contributed by atoms with Gasteiger partial charge in [0.15, 0.2) is 0 Å². The predicted octanol–water partition coefficient (Wildman–Crippen LogP) is 2.28. The van der Waals surface area contributed by atoms with Crippen molar-refractivity contribution in [2.75, 3.05) is 23.3 Å². The third-order valence-electron chi connectivity index (χ3n) is 4.40. The summed E-state index contributed by atoms with van der Waals surface area (Å²) < 4.78 is 0. The molecule has 118 valence electrons. The standard InChI is InChI=1S/C17H23N3O2/c21-16(9-8-13-5-2-10-18-13)19-14-4-1-6-15(12-14)20-11-3-7-17(20)22/h1,4,6,12-13,18H,2-3,5,7-11H2,(H,19,21). The van der Waals surface area contributed by atoms with Crippen LogP contribution in [-0.2, 0) is 9.59 Å². The van der Waals surface area contributed by atoms with Crippen molar-refractivity contribution in [3.05, 3.63) is 24.3 Å². The molecule has 2 aliphatic rings. The highest BCUT2D eigenvalue weighted by Crippen LogP contribution is 2.24. The number of amides is 2. The SMILES string of the molecule is O=C(CCC1CCCN1)Nc1cccc(N2CCCC2=O)c1. The highest BCUT2D eigenvalue weighted by Gasteiger charge is 2.22. The third-order valence-corrected chi connectivity index (χ3v) is 4.40. The van der Waals surface area contributed by atoms with Crippen LogP contribution in [0.1, 0.15) is 38.5 Å². The fraction of sp³-hybridized carbons (Fsp3) is 0.529. The average molecular weight is 301 g/mol. The van der Waals surface area contributed by atoms with Gasteiger partial charge in [-0.05, 0) is 50.4 Å². The van der Waals surface area contributed by atoms with Gasteiger partial charge in [-0.25, -0.2) is 0 Å². The number of rotatable bonds is 5. The molecule has 0 spiro atoms. The van der Waals surface area contributed by atoms with Crippen molar-refractivity contribution in [1.29, 1.82) is 0 Å². The number of carbonyl (C=O) groups is 2. The van der Waals surface area contributed by atoms with E-state index < -0.39 is 0 Å². The molecule has 5 nitrogen and oxygen atoms in total. The van der Waals surface area contributed by atoms with Crippen molar-refractivity contribution in [1.82, 2.24) is 5.32 Å².